The molecule has 0 saturated carbocycles. The first-order valence-corrected chi connectivity index (χ1v) is 13.1. The summed E-state index contributed by atoms with van der Waals surface area (Å²) in [5, 5.41) is 3.89. The Kier molecular flexibility index (Phi) is 6.87. The molecule has 3 aromatic rings. The van der Waals surface area contributed by atoms with Crippen LogP contribution in [0.25, 0.3) is 0 Å². The van der Waals surface area contributed by atoms with Gasteiger partial charge in [0.2, 0.25) is 0 Å². The molecular formula is C27H30N2OS2. The number of carbonyl (C=O) groups is 1. The van der Waals surface area contributed by atoms with Gasteiger partial charge < -0.3 is 5.32 Å². The van der Waals surface area contributed by atoms with Gasteiger partial charge in [0.1, 0.15) is 5.00 Å². The zero-order valence-corrected chi connectivity index (χ0v) is 20.8. The first-order chi connectivity index (χ1) is 15.3. The van der Waals surface area contributed by atoms with Crippen LogP contribution < -0.4 is 5.32 Å². The highest BCUT2D eigenvalue weighted by Gasteiger charge is 2.33. The van der Waals surface area contributed by atoms with E-state index in [1.54, 1.807) is 23.1 Å². The first kappa shape index (κ1) is 22.8. The number of hydrogen-bond acceptors (Lipinski definition) is 4. The molecule has 0 radical (unpaired) electrons. The lowest BCUT2D eigenvalue weighted by Crippen LogP contribution is -2.27. The van der Waals surface area contributed by atoms with Gasteiger partial charge in [0.15, 0.2) is 0 Å². The fourth-order valence-corrected chi connectivity index (χ4v) is 5.85. The Bertz CT molecular complexity index is 1110. The van der Waals surface area contributed by atoms with E-state index >= 15 is 0 Å². The predicted octanol–water partition coefficient (Wildman–Crippen LogP) is 7.62. The molecule has 0 bridgehead atoms. The number of nitrogens with one attached hydrogen (secondary N) is 1. The lowest BCUT2D eigenvalue weighted by molar-refractivity contribution is 0.102. The number of fused-ring (bicyclic) bond motifs is 1. The van der Waals surface area contributed by atoms with Crippen molar-refractivity contribution < 1.29 is 4.79 Å². The van der Waals surface area contributed by atoms with E-state index in [9.17, 15) is 4.79 Å². The number of para-hydroxylation sites is 1. The Morgan fingerprint density at radius 2 is 1.84 bits per heavy atom. The normalized spacial score (nSPS) is 16.2. The second-order valence-corrected chi connectivity index (χ2v) is 11.3. The van der Waals surface area contributed by atoms with E-state index < -0.39 is 0 Å². The van der Waals surface area contributed by atoms with E-state index in [0.717, 1.165) is 41.1 Å². The Morgan fingerprint density at radius 3 is 2.50 bits per heavy atom. The molecule has 0 saturated heterocycles. The summed E-state index contributed by atoms with van der Waals surface area (Å²) in [7, 11) is 0. The molecule has 0 aliphatic heterocycles. The minimum atomic E-state index is -0.0622. The van der Waals surface area contributed by atoms with Crippen molar-refractivity contribution in [2.24, 2.45) is 16.3 Å². The number of amides is 1. The van der Waals surface area contributed by atoms with E-state index in [0.29, 0.717) is 5.92 Å². The molecule has 5 heteroatoms. The van der Waals surface area contributed by atoms with Gasteiger partial charge in [0, 0.05) is 21.7 Å². The Morgan fingerprint density at radius 1 is 1.12 bits per heavy atom. The van der Waals surface area contributed by atoms with Crippen molar-refractivity contribution >= 4 is 45.9 Å². The first-order valence-electron chi connectivity index (χ1n) is 11.0. The van der Waals surface area contributed by atoms with Crippen LogP contribution in [0.15, 0.2) is 64.5 Å². The smallest absolute Gasteiger partial charge is 0.259 e. The molecule has 166 valence electrons. The van der Waals surface area contributed by atoms with Gasteiger partial charge in [0.05, 0.1) is 5.56 Å². The Hall–Kier alpha value is -2.37. The molecule has 0 fully saturated rings. The molecule has 1 amide bonds. The lowest BCUT2D eigenvalue weighted by Gasteiger charge is -2.33. The van der Waals surface area contributed by atoms with Crippen molar-refractivity contribution in [3.8, 4) is 0 Å². The molecule has 1 atom stereocenters. The summed E-state index contributed by atoms with van der Waals surface area (Å²) >= 11 is 3.41. The molecule has 1 aliphatic rings. The zero-order chi connectivity index (χ0) is 22.7. The van der Waals surface area contributed by atoms with E-state index in [-0.39, 0.29) is 11.3 Å². The highest BCUT2D eigenvalue weighted by Crippen LogP contribution is 2.45. The topological polar surface area (TPSA) is 41.5 Å². The van der Waals surface area contributed by atoms with Crippen molar-refractivity contribution in [3.05, 3.63) is 76.2 Å². The molecule has 32 heavy (non-hydrogen) atoms. The van der Waals surface area contributed by atoms with Crippen LogP contribution in [0.2, 0.25) is 0 Å². The summed E-state index contributed by atoms with van der Waals surface area (Å²) in [6, 6.07) is 18.0. The monoisotopic (exact) mass is 462 g/mol. The minimum Gasteiger partial charge on any atom is -0.322 e. The maximum absolute atomic E-state index is 13.4. The highest BCUT2D eigenvalue weighted by molar-refractivity contribution is 7.98. The summed E-state index contributed by atoms with van der Waals surface area (Å²) in [6.45, 7) is 6.95. The Labute approximate surface area is 199 Å². The van der Waals surface area contributed by atoms with Gasteiger partial charge in [-0.05, 0) is 72.2 Å². The van der Waals surface area contributed by atoms with Gasteiger partial charge in [-0.25, -0.2) is 4.99 Å². The number of carbonyl (C=O) groups excluding carboxylic acids is 1. The number of aliphatic imine (C=N–C) groups is 1. The number of benzene rings is 2. The minimum absolute atomic E-state index is 0.0622. The van der Waals surface area contributed by atoms with Crippen LogP contribution in [0, 0.1) is 11.3 Å². The summed E-state index contributed by atoms with van der Waals surface area (Å²) < 4.78 is 0. The van der Waals surface area contributed by atoms with Gasteiger partial charge in [-0.2, -0.15) is 0 Å². The number of thiophene rings is 1. The van der Waals surface area contributed by atoms with Crippen molar-refractivity contribution in [1.29, 1.82) is 0 Å². The average molecular weight is 463 g/mol. The van der Waals surface area contributed by atoms with Crippen LogP contribution in [-0.4, -0.2) is 18.4 Å². The summed E-state index contributed by atoms with van der Waals surface area (Å²) in [4.78, 5) is 20.7. The van der Waals surface area contributed by atoms with E-state index in [1.807, 2.05) is 36.5 Å². The number of hydrogen-bond donors (Lipinski definition) is 1. The molecule has 1 N–H and O–H groups in total. The van der Waals surface area contributed by atoms with Crippen LogP contribution >= 0.6 is 23.1 Å². The zero-order valence-electron chi connectivity index (χ0n) is 19.1. The molecule has 1 aromatic heterocycles. The van der Waals surface area contributed by atoms with E-state index in [4.69, 9.17) is 4.99 Å². The molecule has 0 unspecified atom stereocenters. The van der Waals surface area contributed by atoms with Crippen LogP contribution in [0.5, 0.6) is 0 Å². The second-order valence-electron chi connectivity index (χ2n) is 9.34. The van der Waals surface area contributed by atoms with Gasteiger partial charge in [0.25, 0.3) is 5.91 Å². The van der Waals surface area contributed by atoms with Gasteiger partial charge in [-0.3, -0.25) is 4.79 Å². The molecule has 1 heterocycles. The quantitative estimate of drug-likeness (QED) is 0.313. The van der Waals surface area contributed by atoms with Crippen LogP contribution in [0.4, 0.5) is 10.7 Å². The number of anilines is 1. The predicted molar refractivity (Wildman–Crippen MR) is 139 cm³/mol. The van der Waals surface area contributed by atoms with Gasteiger partial charge >= 0.3 is 0 Å². The standard InChI is InChI=1S/C27H30N2OS2/c1-27(2,3)19-12-15-22-23(16-19)32-26(28-17-18-10-13-21(31-4)14-11-18)24(22)25(30)29-20-8-6-5-7-9-20/h5-11,13-14,17,19H,12,15-16H2,1-4H3,(H,29,30)/t19-/m1/s1. The van der Waals surface area contributed by atoms with E-state index in [2.05, 4.69) is 56.6 Å². The fraction of sp³-hybridized carbons (Fsp3) is 0.333. The maximum Gasteiger partial charge on any atom is 0.259 e. The summed E-state index contributed by atoms with van der Waals surface area (Å²) in [5.41, 5.74) is 4.04. The third-order valence-electron chi connectivity index (χ3n) is 6.18. The third kappa shape index (κ3) is 5.16. The average Bonchev–Trinajstić information content (AvgIpc) is 3.16. The van der Waals surface area contributed by atoms with Crippen LogP contribution in [0.3, 0.4) is 0 Å². The largest absolute Gasteiger partial charge is 0.322 e. The van der Waals surface area contributed by atoms with Gasteiger partial charge in [-0.15, -0.1) is 23.1 Å². The van der Waals surface area contributed by atoms with E-state index in [1.165, 1.54) is 15.3 Å². The van der Waals surface area contributed by atoms with Crippen molar-refractivity contribution in [1.82, 2.24) is 0 Å². The maximum atomic E-state index is 13.4. The SMILES string of the molecule is CSc1ccc(C=Nc2sc3c(c2C(=O)Nc2ccccc2)CC[C@@H](C(C)(C)C)C3)cc1. The van der Waals surface area contributed by atoms with Crippen molar-refractivity contribution in [2.45, 2.75) is 44.9 Å². The molecule has 3 nitrogen and oxygen atoms in total. The number of rotatable bonds is 5. The highest BCUT2D eigenvalue weighted by atomic mass is 32.2. The molecule has 4 rings (SSSR count). The molecular weight excluding hydrogens is 432 g/mol. The lowest BCUT2D eigenvalue weighted by atomic mass is 9.72. The van der Waals surface area contributed by atoms with Crippen LogP contribution in [0.1, 0.15) is 53.6 Å². The molecule has 1 aliphatic carbocycles. The number of nitrogens with zero attached hydrogens (tertiary/aromatic N) is 1. The summed E-state index contributed by atoms with van der Waals surface area (Å²) in [5.74, 6) is 0.558. The number of thioether (sulfide) groups is 1. The Balaban J connectivity index is 1.68. The summed E-state index contributed by atoms with van der Waals surface area (Å²) in [6.07, 6.45) is 7.01. The second kappa shape index (κ2) is 9.63. The molecule has 2 aromatic carbocycles. The fourth-order valence-electron chi connectivity index (χ4n) is 4.17. The van der Waals surface area contributed by atoms with Crippen molar-refractivity contribution in [3.63, 3.8) is 0 Å². The molecule has 0 spiro atoms. The van der Waals surface area contributed by atoms with Crippen LogP contribution in [-0.2, 0) is 12.8 Å². The third-order valence-corrected chi connectivity index (χ3v) is 8.08. The van der Waals surface area contributed by atoms with Crippen molar-refractivity contribution in [2.75, 3.05) is 11.6 Å². The van der Waals surface area contributed by atoms with Gasteiger partial charge in [-0.1, -0.05) is 51.1 Å².